The number of nitrogens with one attached hydrogen (secondary N) is 1. The summed E-state index contributed by atoms with van der Waals surface area (Å²) in [7, 11) is 0. The van der Waals surface area contributed by atoms with Crippen molar-refractivity contribution >= 4 is 17.3 Å². The van der Waals surface area contributed by atoms with Gasteiger partial charge in [0.2, 0.25) is 0 Å². The summed E-state index contributed by atoms with van der Waals surface area (Å²) in [5.41, 5.74) is 1.71. The molecule has 0 bridgehead atoms. The second-order valence-corrected chi connectivity index (χ2v) is 5.45. The van der Waals surface area contributed by atoms with Gasteiger partial charge in [0.25, 0.3) is 0 Å². The summed E-state index contributed by atoms with van der Waals surface area (Å²) in [6.45, 7) is 4.57. The molecule has 2 N–H and O–H groups in total. The molecular formula is C14H19ClN2O2. The molecule has 2 rings (SSSR count). The molecule has 0 radical (unpaired) electrons. The molecular weight excluding hydrogens is 264 g/mol. The molecule has 2 atom stereocenters. The van der Waals surface area contributed by atoms with Gasteiger partial charge in [-0.2, -0.15) is 0 Å². The van der Waals surface area contributed by atoms with Gasteiger partial charge in [0.15, 0.2) is 6.10 Å². The zero-order valence-corrected chi connectivity index (χ0v) is 11.9. The second kappa shape index (κ2) is 6.37. The lowest BCUT2D eigenvalue weighted by atomic mass is 10.0. The third-order valence-corrected chi connectivity index (χ3v) is 3.29. The van der Waals surface area contributed by atoms with Crippen LogP contribution in [0.15, 0.2) is 29.4 Å². The summed E-state index contributed by atoms with van der Waals surface area (Å²) in [5, 5.41) is 17.9. The van der Waals surface area contributed by atoms with E-state index >= 15 is 0 Å². The standard InChI is InChI=1S/C14H19ClN2O2/c1-9(2)16-8-13(18)12-7-14(19-17-12)10-3-5-11(15)6-4-10/h3-6,9,13-14,16,18H,7-8H2,1-2H3/t13-,14-/m0/s1. The van der Waals surface area contributed by atoms with Crippen molar-refractivity contribution in [3.8, 4) is 0 Å². The van der Waals surface area contributed by atoms with Gasteiger partial charge in [0.1, 0.15) is 6.10 Å². The number of benzene rings is 1. The number of aliphatic hydroxyl groups excluding tert-OH is 1. The zero-order valence-electron chi connectivity index (χ0n) is 11.1. The van der Waals surface area contributed by atoms with Gasteiger partial charge in [-0.05, 0) is 17.7 Å². The molecule has 19 heavy (non-hydrogen) atoms. The van der Waals surface area contributed by atoms with Crippen molar-refractivity contribution in [3.63, 3.8) is 0 Å². The van der Waals surface area contributed by atoms with Gasteiger partial charge in [0.05, 0.1) is 5.71 Å². The number of nitrogens with zero attached hydrogens (tertiary/aromatic N) is 1. The van der Waals surface area contributed by atoms with Crippen molar-refractivity contribution in [1.29, 1.82) is 0 Å². The minimum Gasteiger partial charge on any atom is -0.387 e. The molecule has 0 aromatic heterocycles. The SMILES string of the molecule is CC(C)NC[C@H](O)C1=NO[C@H](c2ccc(Cl)cc2)C1. The average Bonchev–Trinajstić information content (AvgIpc) is 2.86. The van der Waals surface area contributed by atoms with Crippen LogP contribution in [0.3, 0.4) is 0 Å². The Kier molecular flexibility index (Phi) is 4.80. The fourth-order valence-electron chi connectivity index (χ4n) is 1.91. The predicted octanol–water partition coefficient (Wildman–Crippen LogP) is 2.52. The highest BCUT2D eigenvalue weighted by Crippen LogP contribution is 2.28. The lowest BCUT2D eigenvalue weighted by Crippen LogP contribution is -2.36. The number of aliphatic hydroxyl groups is 1. The Morgan fingerprint density at radius 1 is 1.42 bits per heavy atom. The molecule has 1 aliphatic heterocycles. The van der Waals surface area contributed by atoms with E-state index in [-0.39, 0.29) is 6.10 Å². The summed E-state index contributed by atoms with van der Waals surface area (Å²) in [6, 6.07) is 7.84. The monoisotopic (exact) mass is 282 g/mol. The number of oxime groups is 1. The largest absolute Gasteiger partial charge is 0.387 e. The average molecular weight is 283 g/mol. The topological polar surface area (TPSA) is 53.8 Å². The quantitative estimate of drug-likeness (QED) is 0.872. The minimum absolute atomic E-state index is 0.124. The van der Waals surface area contributed by atoms with Gasteiger partial charge in [-0.1, -0.05) is 42.7 Å². The van der Waals surface area contributed by atoms with E-state index in [2.05, 4.69) is 10.5 Å². The molecule has 0 amide bonds. The van der Waals surface area contributed by atoms with Crippen LogP contribution in [-0.2, 0) is 4.84 Å². The van der Waals surface area contributed by atoms with E-state index in [4.69, 9.17) is 16.4 Å². The van der Waals surface area contributed by atoms with Crippen molar-refractivity contribution in [2.75, 3.05) is 6.54 Å². The number of hydrogen-bond acceptors (Lipinski definition) is 4. The van der Waals surface area contributed by atoms with E-state index in [1.807, 2.05) is 38.1 Å². The van der Waals surface area contributed by atoms with Crippen LogP contribution in [-0.4, -0.2) is 29.5 Å². The first-order valence-electron chi connectivity index (χ1n) is 6.45. The third-order valence-electron chi connectivity index (χ3n) is 3.04. The fourth-order valence-corrected chi connectivity index (χ4v) is 2.04. The Morgan fingerprint density at radius 2 is 2.11 bits per heavy atom. The Balaban J connectivity index is 1.89. The molecule has 1 aromatic carbocycles. The summed E-state index contributed by atoms with van der Waals surface area (Å²) < 4.78 is 0. The molecule has 1 heterocycles. The Hall–Kier alpha value is -1.10. The van der Waals surface area contributed by atoms with E-state index in [1.54, 1.807) is 0 Å². The summed E-state index contributed by atoms with van der Waals surface area (Å²) in [4.78, 5) is 5.38. The Labute approximate surface area is 118 Å². The van der Waals surface area contributed by atoms with E-state index in [0.29, 0.717) is 29.7 Å². The van der Waals surface area contributed by atoms with Crippen LogP contribution in [0.1, 0.15) is 31.9 Å². The van der Waals surface area contributed by atoms with Gasteiger partial charge in [-0.3, -0.25) is 0 Å². The first kappa shape index (κ1) is 14.3. The van der Waals surface area contributed by atoms with Crippen LogP contribution in [0.2, 0.25) is 5.02 Å². The maximum absolute atomic E-state index is 10.0. The van der Waals surface area contributed by atoms with Gasteiger partial charge in [-0.15, -0.1) is 0 Å². The van der Waals surface area contributed by atoms with Gasteiger partial charge in [0, 0.05) is 24.0 Å². The zero-order chi connectivity index (χ0) is 13.8. The molecule has 5 heteroatoms. The molecule has 0 fully saturated rings. The van der Waals surface area contributed by atoms with Gasteiger partial charge in [-0.25, -0.2) is 0 Å². The number of hydrogen-bond donors (Lipinski definition) is 2. The summed E-state index contributed by atoms with van der Waals surface area (Å²) in [6.07, 6.45) is -0.108. The molecule has 1 aliphatic rings. The molecule has 4 nitrogen and oxygen atoms in total. The van der Waals surface area contributed by atoms with Gasteiger partial charge < -0.3 is 15.3 Å². The minimum atomic E-state index is -0.597. The molecule has 0 unspecified atom stereocenters. The van der Waals surface area contributed by atoms with Crippen molar-refractivity contribution in [2.45, 2.75) is 38.5 Å². The van der Waals surface area contributed by atoms with Crippen LogP contribution >= 0.6 is 11.6 Å². The van der Waals surface area contributed by atoms with Crippen LogP contribution < -0.4 is 5.32 Å². The molecule has 0 saturated heterocycles. The van der Waals surface area contributed by atoms with E-state index in [1.165, 1.54) is 0 Å². The summed E-state index contributed by atoms with van der Waals surface area (Å²) >= 11 is 5.85. The Morgan fingerprint density at radius 3 is 2.74 bits per heavy atom. The first-order chi connectivity index (χ1) is 9.06. The van der Waals surface area contributed by atoms with E-state index in [0.717, 1.165) is 5.56 Å². The molecule has 0 saturated carbocycles. The summed E-state index contributed by atoms with van der Waals surface area (Å²) in [5.74, 6) is 0. The maximum atomic E-state index is 10.0. The highest BCUT2D eigenvalue weighted by molar-refractivity contribution is 6.30. The molecule has 1 aromatic rings. The Bertz CT molecular complexity index is 445. The predicted molar refractivity (Wildman–Crippen MR) is 76.5 cm³/mol. The highest BCUT2D eigenvalue weighted by atomic mass is 35.5. The van der Waals surface area contributed by atoms with Crippen molar-refractivity contribution in [3.05, 3.63) is 34.9 Å². The highest BCUT2D eigenvalue weighted by Gasteiger charge is 2.27. The smallest absolute Gasteiger partial charge is 0.158 e. The lowest BCUT2D eigenvalue weighted by Gasteiger charge is -2.13. The van der Waals surface area contributed by atoms with Crippen molar-refractivity contribution < 1.29 is 9.94 Å². The maximum Gasteiger partial charge on any atom is 0.158 e. The number of halogens is 1. The van der Waals surface area contributed by atoms with Crippen molar-refractivity contribution in [2.24, 2.45) is 5.16 Å². The van der Waals surface area contributed by atoms with Crippen LogP contribution in [0.25, 0.3) is 0 Å². The van der Waals surface area contributed by atoms with E-state index in [9.17, 15) is 5.11 Å². The lowest BCUT2D eigenvalue weighted by molar-refractivity contribution is 0.0855. The first-order valence-corrected chi connectivity index (χ1v) is 6.83. The van der Waals surface area contributed by atoms with Crippen molar-refractivity contribution in [1.82, 2.24) is 5.32 Å². The molecule has 0 spiro atoms. The normalized spacial score (nSPS) is 20.3. The van der Waals surface area contributed by atoms with Crippen LogP contribution in [0.5, 0.6) is 0 Å². The molecule has 0 aliphatic carbocycles. The third kappa shape index (κ3) is 3.93. The molecule has 104 valence electrons. The van der Waals surface area contributed by atoms with Crippen LogP contribution in [0, 0.1) is 0 Å². The second-order valence-electron chi connectivity index (χ2n) is 5.01. The van der Waals surface area contributed by atoms with Crippen LogP contribution in [0.4, 0.5) is 0 Å². The van der Waals surface area contributed by atoms with Gasteiger partial charge >= 0.3 is 0 Å². The fraction of sp³-hybridized carbons (Fsp3) is 0.500. The number of rotatable bonds is 5. The van der Waals surface area contributed by atoms with E-state index < -0.39 is 6.10 Å².